The van der Waals surface area contributed by atoms with Crippen molar-refractivity contribution in [1.29, 1.82) is 0 Å². The molecule has 1 aromatic carbocycles. The third kappa shape index (κ3) is 8.94. The van der Waals surface area contributed by atoms with Crippen LogP contribution in [0.15, 0.2) is 18.2 Å². The predicted molar refractivity (Wildman–Crippen MR) is 91.0 cm³/mol. The summed E-state index contributed by atoms with van der Waals surface area (Å²) in [6.45, 7) is 4.21. The second kappa shape index (κ2) is 11.2. The Kier molecular flexibility index (Phi) is 10.5. The van der Waals surface area contributed by atoms with Gasteiger partial charge in [0.1, 0.15) is 5.75 Å². The lowest BCUT2D eigenvalue weighted by Gasteiger charge is -2.17. The number of alkyl halides is 3. The van der Waals surface area contributed by atoms with Crippen molar-refractivity contribution in [3.63, 3.8) is 0 Å². The van der Waals surface area contributed by atoms with E-state index in [2.05, 4.69) is 10.6 Å². The Labute approximate surface area is 151 Å². The van der Waals surface area contributed by atoms with Gasteiger partial charge in [0, 0.05) is 20.2 Å². The van der Waals surface area contributed by atoms with Gasteiger partial charge in [-0.25, -0.2) is 0 Å². The molecule has 0 fully saturated rings. The number of nitrogens with one attached hydrogen (secondary N) is 2. The lowest BCUT2D eigenvalue weighted by atomic mass is 10.1. The maximum Gasteiger partial charge on any atom is 0.416 e. The van der Waals surface area contributed by atoms with Crippen molar-refractivity contribution in [2.75, 3.05) is 26.8 Å². The van der Waals surface area contributed by atoms with E-state index in [0.29, 0.717) is 13.2 Å². The van der Waals surface area contributed by atoms with Crippen LogP contribution in [0.4, 0.5) is 13.2 Å². The predicted octanol–water partition coefficient (Wildman–Crippen LogP) is 2.77. The number of benzene rings is 1. The number of amides is 1. The van der Waals surface area contributed by atoms with E-state index in [-0.39, 0.29) is 48.8 Å². The zero-order valence-electron chi connectivity index (χ0n) is 14.4. The first-order chi connectivity index (χ1) is 11.2. The summed E-state index contributed by atoms with van der Waals surface area (Å²) in [5, 5.41) is 5.28. The lowest BCUT2D eigenvalue weighted by molar-refractivity contribution is -0.138. The summed E-state index contributed by atoms with van der Waals surface area (Å²) in [6.07, 6.45) is -4.75. The molecule has 0 aliphatic rings. The van der Waals surface area contributed by atoms with E-state index in [1.165, 1.54) is 19.2 Å². The number of hydrogen-bond acceptors (Lipinski definition) is 4. The van der Waals surface area contributed by atoms with E-state index in [4.69, 9.17) is 9.47 Å². The molecule has 0 bridgehead atoms. The van der Waals surface area contributed by atoms with Gasteiger partial charge in [-0.1, -0.05) is 6.07 Å². The molecule has 0 atom stereocenters. The molecule has 5 nitrogen and oxygen atoms in total. The molecule has 2 N–H and O–H groups in total. The van der Waals surface area contributed by atoms with E-state index < -0.39 is 11.7 Å². The smallest absolute Gasteiger partial charge is 0.416 e. The molecule has 1 rings (SSSR count). The van der Waals surface area contributed by atoms with Gasteiger partial charge in [0.15, 0.2) is 0 Å². The highest BCUT2D eigenvalue weighted by atomic mass is 35.5. The number of carbonyl (C=O) groups excluding carboxylic acids is 1. The number of hydrogen-bond donors (Lipinski definition) is 2. The summed E-state index contributed by atoms with van der Waals surface area (Å²) in [6, 6.07) is 3.74. The Hall–Kier alpha value is -1.51. The number of halogens is 4. The van der Waals surface area contributed by atoms with Crippen molar-refractivity contribution in [3.8, 4) is 5.75 Å². The monoisotopic (exact) mass is 384 g/mol. The second-order valence-corrected chi connectivity index (χ2v) is 5.43. The summed E-state index contributed by atoms with van der Waals surface area (Å²) < 4.78 is 49.7. The molecule has 0 aromatic heterocycles. The molecule has 1 aromatic rings. The van der Waals surface area contributed by atoms with Crippen LogP contribution in [0.25, 0.3) is 0 Å². The number of rotatable bonds is 9. The first-order valence-electron chi connectivity index (χ1n) is 7.57. The Morgan fingerprint density at radius 3 is 2.52 bits per heavy atom. The average Bonchev–Trinajstić information content (AvgIpc) is 2.48. The highest BCUT2D eigenvalue weighted by Crippen LogP contribution is 2.34. The normalized spacial score (nSPS) is 11.2. The van der Waals surface area contributed by atoms with Crippen molar-refractivity contribution in [1.82, 2.24) is 10.6 Å². The first-order valence-corrected chi connectivity index (χ1v) is 7.57. The van der Waals surface area contributed by atoms with Gasteiger partial charge >= 0.3 is 6.18 Å². The summed E-state index contributed by atoms with van der Waals surface area (Å²) in [5.41, 5.74) is -0.822. The van der Waals surface area contributed by atoms with Gasteiger partial charge < -0.3 is 20.1 Å². The van der Waals surface area contributed by atoms with Crippen LogP contribution in [0, 0.1) is 0 Å². The molecule has 0 saturated heterocycles. The standard InChI is InChI=1S/C16H23F3N2O3.ClH/c1-11(2)24-13-5-4-12(14(8-13)16(17,18)19)9-21-15(22)10-20-6-7-23-3;/h4-5,8,11,20H,6-7,9-10H2,1-3H3,(H,21,22);1H. The maximum absolute atomic E-state index is 13.2. The minimum atomic E-state index is -4.52. The van der Waals surface area contributed by atoms with E-state index in [9.17, 15) is 18.0 Å². The van der Waals surface area contributed by atoms with E-state index >= 15 is 0 Å². The fourth-order valence-corrected chi connectivity index (χ4v) is 1.95. The number of ether oxygens (including phenoxy) is 2. The van der Waals surface area contributed by atoms with Gasteiger partial charge in [-0.15, -0.1) is 12.4 Å². The highest BCUT2D eigenvalue weighted by molar-refractivity contribution is 5.85. The van der Waals surface area contributed by atoms with E-state index in [1.807, 2.05) is 0 Å². The summed E-state index contributed by atoms with van der Waals surface area (Å²) >= 11 is 0. The molecule has 0 spiro atoms. The van der Waals surface area contributed by atoms with E-state index in [1.54, 1.807) is 13.8 Å². The summed E-state index contributed by atoms with van der Waals surface area (Å²) in [7, 11) is 1.53. The Balaban J connectivity index is 0.00000576. The van der Waals surface area contributed by atoms with Gasteiger partial charge in [-0.2, -0.15) is 13.2 Å². The average molecular weight is 385 g/mol. The van der Waals surface area contributed by atoms with E-state index in [0.717, 1.165) is 6.07 Å². The molecule has 0 aliphatic carbocycles. The molecule has 1 amide bonds. The molecule has 0 radical (unpaired) electrons. The maximum atomic E-state index is 13.2. The van der Waals surface area contributed by atoms with Crippen molar-refractivity contribution in [2.24, 2.45) is 0 Å². The number of carbonyl (C=O) groups is 1. The minimum Gasteiger partial charge on any atom is -0.491 e. The van der Waals surface area contributed by atoms with Gasteiger partial charge in [-0.05, 0) is 31.5 Å². The Bertz CT molecular complexity index is 540. The van der Waals surface area contributed by atoms with Gasteiger partial charge in [0.25, 0.3) is 0 Å². The minimum absolute atomic E-state index is 0. The lowest BCUT2D eigenvalue weighted by Crippen LogP contribution is -2.35. The largest absolute Gasteiger partial charge is 0.491 e. The zero-order valence-corrected chi connectivity index (χ0v) is 15.2. The molecule has 25 heavy (non-hydrogen) atoms. The van der Waals surface area contributed by atoms with Gasteiger partial charge in [-0.3, -0.25) is 4.79 Å². The fourth-order valence-electron chi connectivity index (χ4n) is 1.95. The van der Waals surface area contributed by atoms with Crippen LogP contribution in [-0.2, 0) is 22.3 Å². The second-order valence-electron chi connectivity index (χ2n) is 5.43. The summed E-state index contributed by atoms with van der Waals surface area (Å²) in [4.78, 5) is 11.6. The van der Waals surface area contributed by atoms with Gasteiger partial charge in [0.2, 0.25) is 5.91 Å². The zero-order chi connectivity index (χ0) is 18.2. The molecular weight excluding hydrogens is 361 g/mol. The van der Waals surface area contributed by atoms with Crippen LogP contribution in [0.5, 0.6) is 5.75 Å². The third-order valence-corrected chi connectivity index (χ3v) is 3.00. The van der Waals surface area contributed by atoms with Crippen LogP contribution in [-0.4, -0.2) is 38.8 Å². The fraction of sp³-hybridized carbons (Fsp3) is 0.562. The highest BCUT2D eigenvalue weighted by Gasteiger charge is 2.33. The quantitative estimate of drug-likeness (QED) is 0.643. The third-order valence-electron chi connectivity index (χ3n) is 3.00. The topological polar surface area (TPSA) is 59.6 Å². The van der Waals surface area contributed by atoms with Crippen molar-refractivity contribution in [3.05, 3.63) is 29.3 Å². The number of methoxy groups -OCH3 is 1. The molecule has 0 saturated carbocycles. The first kappa shape index (κ1) is 23.5. The molecule has 0 aliphatic heterocycles. The molecule has 0 heterocycles. The molecule has 0 unspecified atom stereocenters. The van der Waals surface area contributed by atoms with Crippen molar-refractivity contribution < 1.29 is 27.4 Å². The molecule has 144 valence electrons. The van der Waals surface area contributed by atoms with Crippen LogP contribution in [0.2, 0.25) is 0 Å². The van der Waals surface area contributed by atoms with Crippen LogP contribution >= 0.6 is 12.4 Å². The SMILES string of the molecule is COCCNCC(=O)NCc1ccc(OC(C)C)cc1C(F)(F)F.Cl. The van der Waals surface area contributed by atoms with Crippen LogP contribution in [0.3, 0.4) is 0 Å². The van der Waals surface area contributed by atoms with Crippen LogP contribution < -0.4 is 15.4 Å². The Morgan fingerprint density at radius 1 is 1.28 bits per heavy atom. The van der Waals surface area contributed by atoms with Crippen molar-refractivity contribution >= 4 is 18.3 Å². The molecular formula is C16H24ClF3N2O3. The Morgan fingerprint density at radius 2 is 1.96 bits per heavy atom. The van der Waals surface area contributed by atoms with Crippen molar-refractivity contribution in [2.45, 2.75) is 32.7 Å². The molecule has 9 heteroatoms. The summed E-state index contributed by atoms with van der Waals surface area (Å²) in [5.74, 6) is -0.240. The van der Waals surface area contributed by atoms with Gasteiger partial charge in [0.05, 0.1) is 24.8 Å². The van der Waals surface area contributed by atoms with Crippen LogP contribution in [0.1, 0.15) is 25.0 Å².